The Labute approximate surface area is 111 Å². The molecule has 1 amide bonds. The molecule has 6 heteroatoms. The normalized spacial score (nSPS) is 22.6. The minimum atomic E-state index is -3.81. The first-order chi connectivity index (χ1) is 8.29. The number of halogens is 1. The van der Waals surface area contributed by atoms with Gasteiger partial charge in [0, 0.05) is 22.3 Å². The van der Waals surface area contributed by atoms with Crippen LogP contribution in [0.2, 0.25) is 0 Å². The van der Waals surface area contributed by atoms with Crippen molar-refractivity contribution in [1.29, 1.82) is 0 Å². The fraction of sp³-hybridized carbons (Fsp3) is 0.417. The summed E-state index contributed by atoms with van der Waals surface area (Å²) in [4.78, 5) is 11.9. The molecule has 2 unspecified atom stereocenters. The average molecular weight is 288 g/mol. The molecule has 1 saturated carbocycles. The highest BCUT2D eigenvalue weighted by Crippen LogP contribution is 2.29. The minimum Gasteiger partial charge on any atom is -0.349 e. The molecule has 1 fully saturated rings. The van der Waals surface area contributed by atoms with Gasteiger partial charge in [-0.15, -0.1) is 0 Å². The highest BCUT2D eigenvalue weighted by atomic mass is 35.7. The molecule has 0 spiro atoms. The fourth-order valence-electron chi connectivity index (χ4n) is 1.77. The Bertz CT molecular complexity index is 597. The van der Waals surface area contributed by atoms with Crippen molar-refractivity contribution in [3.63, 3.8) is 0 Å². The molecule has 0 radical (unpaired) electrons. The monoisotopic (exact) mass is 287 g/mol. The van der Waals surface area contributed by atoms with Crippen LogP contribution in [0.5, 0.6) is 0 Å². The summed E-state index contributed by atoms with van der Waals surface area (Å²) < 4.78 is 22.5. The third-order valence-electron chi connectivity index (χ3n) is 3.16. The fourth-order valence-corrected chi connectivity index (χ4v) is 2.54. The molecule has 2 atom stereocenters. The van der Waals surface area contributed by atoms with Crippen molar-refractivity contribution >= 4 is 25.6 Å². The van der Waals surface area contributed by atoms with Crippen LogP contribution in [0.1, 0.15) is 29.3 Å². The van der Waals surface area contributed by atoms with Gasteiger partial charge in [0.2, 0.25) is 0 Å². The summed E-state index contributed by atoms with van der Waals surface area (Å²) in [5, 5.41) is 2.86. The maximum Gasteiger partial charge on any atom is 0.261 e. The molecule has 0 heterocycles. The summed E-state index contributed by atoms with van der Waals surface area (Å²) in [7, 11) is 1.46. The van der Waals surface area contributed by atoms with Gasteiger partial charge in [-0.2, -0.15) is 0 Å². The molecule has 1 aliphatic rings. The number of amides is 1. The van der Waals surface area contributed by atoms with Crippen LogP contribution in [0.15, 0.2) is 23.1 Å². The number of aryl methyl sites for hydroxylation is 1. The predicted octanol–water partition coefficient (Wildman–Crippen LogP) is 2.06. The van der Waals surface area contributed by atoms with Gasteiger partial charge in [-0.25, -0.2) is 8.42 Å². The van der Waals surface area contributed by atoms with Crippen LogP contribution in [0, 0.1) is 12.8 Å². The van der Waals surface area contributed by atoms with Crippen LogP contribution < -0.4 is 5.32 Å². The van der Waals surface area contributed by atoms with Crippen molar-refractivity contribution in [3.05, 3.63) is 29.3 Å². The second kappa shape index (κ2) is 4.55. The number of hydrogen-bond donors (Lipinski definition) is 1. The predicted molar refractivity (Wildman–Crippen MR) is 69.3 cm³/mol. The van der Waals surface area contributed by atoms with E-state index in [1.807, 2.05) is 0 Å². The van der Waals surface area contributed by atoms with E-state index in [1.165, 1.54) is 12.1 Å². The van der Waals surface area contributed by atoms with Gasteiger partial charge >= 0.3 is 0 Å². The molecule has 0 bridgehead atoms. The number of carbonyl (C=O) groups is 1. The van der Waals surface area contributed by atoms with E-state index < -0.39 is 9.05 Å². The van der Waals surface area contributed by atoms with E-state index in [-0.39, 0.29) is 16.8 Å². The maximum atomic E-state index is 12.0. The highest BCUT2D eigenvalue weighted by molar-refractivity contribution is 8.13. The zero-order chi connectivity index (χ0) is 13.5. The van der Waals surface area contributed by atoms with Crippen molar-refractivity contribution in [2.75, 3.05) is 0 Å². The SMILES string of the molecule is Cc1ccc(S(=O)(=O)Cl)cc1C(=O)NC1CC1C. The number of hydrogen-bond acceptors (Lipinski definition) is 3. The van der Waals surface area contributed by atoms with Crippen molar-refractivity contribution in [3.8, 4) is 0 Å². The second-order valence-corrected chi connectivity index (χ2v) is 7.27. The number of nitrogens with one attached hydrogen (secondary N) is 1. The van der Waals surface area contributed by atoms with E-state index >= 15 is 0 Å². The first-order valence-corrected chi connectivity index (χ1v) is 7.96. The molecule has 1 aliphatic carbocycles. The van der Waals surface area contributed by atoms with Gasteiger partial charge in [-0.3, -0.25) is 4.79 Å². The van der Waals surface area contributed by atoms with E-state index in [0.29, 0.717) is 11.5 Å². The van der Waals surface area contributed by atoms with E-state index in [1.54, 1.807) is 13.0 Å². The van der Waals surface area contributed by atoms with Crippen molar-refractivity contribution < 1.29 is 13.2 Å². The largest absolute Gasteiger partial charge is 0.349 e. The van der Waals surface area contributed by atoms with Crippen LogP contribution in [0.4, 0.5) is 0 Å². The van der Waals surface area contributed by atoms with Crippen LogP contribution >= 0.6 is 10.7 Å². The van der Waals surface area contributed by atoms with Crippen LogP contribution in [0.25, 0.3) is 0 Å². The van der Waals surface area contributed by atoms with Crippen LogP contribution in [-0.4, -0.2) is 20.4 Å². The van der Waals surface area contributed by atoms with E-state index in [2.05, 4.69) is 12.2 Å². The van der Waals surface area contributed by atoms with Crippen LogP contribution in [-0.2, 0) is 9.05 Å². The summed E-state index contributed by atoms with van der Waals surface area (Å²) >= 11 is 0. The van der Waals surface area contributed by atoms with E-state index in [4.69, 9.17) is 10.7 Å². The third-order valence-corrected chi connectivity index (χ3v) is 4.51. The quantitative estimate of drug-likeness (QED) is 0.866. The zero-order valence-electron chi connectivity index (χ0n) is 10.1. The molecule has 2 rings (SSSR count). The lowest BCUT2D eigenvalue weighted by Crippen LogP contribution is -2.27. The molecular formula is C12H14ClNO3S. The highest BCUT2D eigenvalue weighted by Gasteiger charge is 2.34. The molecule has 0 saturated heterocycles. The maximum absolute atomic E-state index is 12.0. The summed E-state index contributed by atoms with van der Waals surface area (Å²) in [6, 6.07) is 4.50. The number of carbonyl (C=O) groups excluding carboxylic acids is 1. The summed E-state index contributed by atoms with van der Waals surface area (Å²) in [5.74, 6) is 0.248. The Kier molecular flexibility index (Phi) is 3.38. The van der Waals surface area contributed by atoms with E-state index in [0.717, 1.165) is 12.0 Å². The first-order valence-electron chi connectivity index (χ1n) is 5.65. The Hall–Kier alpha value is -1.07. The Morgan fingerprint density at radius 2 is 2.06 bits per heavy atom. The van der Waals surface area contributed by atoms with Gasteiger partial charge in [-0.1, -0.05) is 13.0 Å². The van der Waals surface area contributed by atoms with Crippen molar-refractivity contribution in [1.82, 2.24) is 5.32 Å². The Morgan fingerprint density at radius 1 is 1.44 bits per heavy atom. The smallest absolute Gasteiger partial charge is 0.261 e. The standard InChI is InChI=1S/C12H14ClNO3S/c1-7-3-4-9(18(13,16)17)6-10(7)12(15)14-11-5-8(11)2/h3-4,6,8,11H,5H2,1-2H3,(H,14,15). The Morgan fingerprint density at radius 3 is 2.56 bits per heavy atom. The lowest BCUT2D eigenvalue weighted by molar-refractivity contribution is 0.0948. The summed E-state index contributed by atoms with van der Waals surface area (Å²) in [6.07, 6.45) is 0.971. The minimum absolute atomic E-state index is 0.0521. The molecule has 0 aromatic heterocycles. The Balaban J connectivity index is 2.29. The van der Waals surface area contributed by atoms with Crippen LogP contribution in [0.3, 0.4) is 0 Å². The van der Waals surface area contributed by atoms with Gasteiger partial charge in [0.05, 0.1) is 4.90 Å². The molecule has 98 valence electrons. The first kappa shape index (κ1) is 13.4. The molecule has 1 N–H and O–H groups in total. The lowest BCUT2D eigenvalue weighted by atomic mass is 10.1. The summed E-state index contributed by atoms with van der Waals surface area (Å²) in [5.41, 5.74) is 1.08. The van der Waals surface area contributed by atoms with Gasteiger partial charge in [0.1, 0.15) is 0 Å². The molecular weight excluding hydrogens is 274 g/mol. The molecule has 1 aromatic rings. The van der Waals surface area contributed by atoms with Crippen molar-refractivity contribution in [2.24, 2.45) is 5.92 Å². The van der Waals surface area contributed by atoms with Gasteiger partial charge in [-0.05, 0) is 37.0 Å². The average Bonchev–Trinajstić information content (AvgIpc) is 2.92. The van der Waals surface area contributed by atoms with E-state index in [9.17, 15) is 13.2 Å². The molecule has 18 heavy (non-hydrogen) atoms. The number of rotatable bonds is 3. The van der Waals surface area contributed by atoms with Gasteiger partial charge < -0.3 is 5.32 Å². The summed E-state index contributed by atoms with van der Waals surface area (Å²) in [6.45, 7) is 3.81. The van der Waals surface area contributed by atoms with Gasteiger partial charge in [0.15, 0.2) is 0 Å². The third kappa shape index (κ3) is 2.84. The van der Waals surface area contributed by atoms with Crippen molar-refractivity contribution in [2.45, 2.75) is 31.2 Å². The number of benzene rings is 1. The topological polar surface area (TPSA) is 63.2 Å². The van der Waals surface area contributed by atoms with Gasteiger partial charge in [0.25, 0.3) is 15.0 Å². The molecule has 0 aliphatic heterocycles. The molecule has 4 nitrogen and oxygen atoms in total. The second-order valence-electron chi connectivity index (χ2n) is 4.71. The lowest BCUT2D eigenvalue weighted by Gasteiger charge is -2.08. The zero-order valence-corrected chi connectivity index (χ0v) is 11.7. The molecule has 1 aromatic carbocycles.